The Kier molecular flexibility index (Phi) is 5.40. The molecular weight excluding hydrogens is 368 g/mol. The third-order valence-corrected chi connectivity index (χ3v) is 5.36. The summed E-state index contributed by atoms with van der Waals surface area (Å²) in [5.74, 6) is 1.38. The van der Waals surface area contributed by atoms with Crippen molar-refractivity contribution < 1.29 is 14.3 Å². The van der Waals surface area contributed by atoms with Gasteiger partial charge in [0.1, 0.15) is 11.3 Å². The smallest absolute Gasteiger partial charge is 0.271 e. The third kappa shape index (κ3) is 4.05. The summed E-state index contributed by atoms with van der Waals surface area (Å²) in [7, 11) is 3.31. The Balaban J connectivity index is 1.34. The van der Waals surface area contributed by atoms with E-state index < -0.39 is 0 Å². The van der Waals surface area contributed by atoms with E-state index in [4.69, 9.17) is 9.47 Å². The van der Waals surface area contributed by atoms with Gasteiger partial charge in [0.25, 0.3) is 5.91 Å². The van der Waals surface area contributed by atoms with Gasteiger partial charge in [-0.1, -0.05) is 0 Å². The van der Waals surface area contributed by atoms with E-state index in [-0.39, 0.29) is 5.91 Å². The number of benzene rings is 1. The van der Waals surface area contributed by atoms with Gasteiger partial charge in [-0.2, -0.15) is 0 Å². The van der Waals surface area contributed by atoms with Crippen LogP contribution >= 0.6 is 0 Å². The molecule has 7 heteroatoms. The van der Waals surface area contributed by atoms with E-state index in [9.17, 15) is 4.79 Å². The number of ether oxygens (including phenoxy) is 2. The van der Waals surface area contributed by atoms with Crippen molar-refractivity contribution in [2.45, 2.75) is 19.9 Å². The Hall–Kier alpha value is -3.06. The van der Waals surface area contributed by atoms with Crippen LogP contribution in [0.3, 0.4) is 0 Å². The summed E-state index contributed by atoms with van der Waals surface area (Å²) in [4.78, 5) is 19.2. The maximum absolute atomic E-state index is 12.5. The van der Waals surface area contributed by atoms with Gasteiger partial charge in [-0.25, -0.2) is 4.98 Å². The van der Waals surface area contributed by atoms with Crippen molar-refractivity contribution in [1.82, 2.24) is 19.6 Å². The lowest BCUT2D eigenvalue weighted by Gasteiger charge is -2.29. The second-order valence-corrected chi connectivity index (χ2v) is 7.35. The predicted octanol–water partition coefficient (Wildman–Crippen LogP) is 2.45. The third-order valence-electron chi connectivity index (χ3n) is 5.36. The molecule has 1 N–H and O–H groups in total. The van der Waals surface area contributed by atoms with Crippen molar-refractivity contribution in [2.24, 2.45) is 0 Å². The molecular formula is C22H26N4O3. The largest absolute Gasteiger partial charge is 0.493 e. The van der Waals surface area contributed by atoms with Crippen LogP contribution in [0.1, 0.15) is 27.2 Å². The van der Waals surface area contributed by atoms with E-state index in [2.05, 4.69) is 27.3 Å². The number of hydrogen-bond acceptors (Lipinski definition) is 5. The predicted molar refractivity (Wildman–Crippen MR) is 111 cm³/mol. The van der Waals surface area contributed by atoms with Gasteiger partial charge in [0.05, 0.1) is 14.2 Å². The van der Waals surface area contributed by atoms with Crippen LogP contribution in [0.15, 0.2) is 36.7 Å². The molecule has 0 bridgehead atoms. The van der Waals surface area contributed by atoms with Crippen LogP contribution < -0.4 is 14.8 Å². The Morgan fingerprint density at radius 3 is 2.69 bits per heavy atom. The van der Waals surface area contributed by atoms with E-state index in [1.165, 1.54) is 11.1 Å². The van der Waals surface area contributed by atoms with Crippen LogP contribution in [0.4, 0.5) is 0 Å². The van der Waals surface area contributed by atoms with Gasteiger partial charge in [0.2, 0.25) is 0 Å². The summed E-state index contributed by atoms with van der Waals surface area (Å²) in [5, 5.41) is 2.99. The Bertz CT molecular complexity index is 1040. The highest BCUT2D eigenvalue weighted by molar-refractivity contribution is 5.92. The first-order valence-electron chi connectivity index (χ1n) is 9.77. The molecule has 0 saturated heterocycles. The Morgan fingerprint density at radius 1 is 1.17 bits per heavy atom. The number of hydrogen-bond donors (Lipinski definition) is 1. The molecule has 0 unspecified atom stereocenters. The number of nitrogens with one attached hydrogen (secondary N) is 1. The highest BCUT2D eigenvalue weighted by atomic mass is 16.5. The molecule has 0 spiro atoms. The summed E-state index contributed by atoms with van der Waals surface area (Å²) in [6.07, 6.45) is 4.64. The number of aryl methyl sites for hydroxylation is 1. The number of nitrogens with zero attached hydrogens (tertiary/aromatic N) is 3. The van der Waals surface area contributed by atoms with Gasteiger partial charge >= 0.3 is 0 Å². The maximum Gasteiger partial charge on any atom is 0.271 e. The molecule has 29 heavy (non-hydrogen) atoms. The first-order chi connectivity index (χ1) is 14.1. The van der Waals surface area contributed by atoms with Crippen LogP contribution in [-0.4, -0.2) is 54.0 Å². The topological polar surface area (TPSA) is 68.1 Å². The second kappa shape index (κ2) is 8.13. The average molecular weight is 394 g/mol. The van der Waals surface area contributed by atoms with Crippen molar-refractivity contribution >= 4 is 11.6 Å². The highest BCUT2D eigenvalue weighted by Gasteiger charge is 2.19. The van der Waals surface area contributed by atoms with E-state index in [0.717, 1.165) is 48.8 Å². The fraction of sp³-hybridized carbons (Fsp3) is 0.364. The molecule has 0 atom stereocenters. The monoisotopic (exact) mass is 394 g/mol. The summed E-state index contributed by atoms with van der Waals surface area (Å²) >= 11 is 0. The van der Waals surface area contributed by atoms with E-state index in [1.54, 1.807) is 20.4 Å². The second-order valence-electron chi connectivity index (χ2n) is 7.35. The number of rotatable bonds is 6. The van der Waals surface area contributed by atoms with Gasteiger partial charge in [-0.15, -0.1) is 0 Å². The van der Waals surface area contributed by atoms with E-state index in [1.807, 2.05) is 29.7 Å². The fourth-order valence-electron chi connectivity index (χ4n) is 3.74. The average Bonchev–Trinajstić information content (AvgIpc) is 3.15. The molecule has 1 aromatic carbocycles. The normalized spacial score (nSPS) is 13.9. The quantitative estimate of drug-likeness (QED) is 0.696. The van der Waals surface area contributed by atoms with Crippen LogP contribution in [0.25, 0.3) is 5.65 Å². The van der Waals surface area contributed by atoms with Crippen molar-refractivity contribution in [2.75, 3.05) is 33.9 Å². The zero-order valence-electron chi connectivity index (χ0n) is 17.1. The van der Waals surface area contributed by atoms with Gasteiger partial charge in [0.15, 0.2) is 11.5 Å². The van der Waals surface area contributed by atoms with Crippen molar-refractivity contribution in [1.29, 1.82) is 0 Å². The number of imidazole rings is 1. The first kappa shape index (κ1) is 19.3. The van der Waals surface area contributed by atoms with Crippen molar-refractivity contribution in [3.8, 4) is 11.5 Å². The molecule has 0 radical (unpaired) electrons. The zero-order valence-corrected chi connectivity index (χ0v) is 17.1. The van der Waals surface area contributed by atoms with Crippen LogP contribution in [0, 0.1) is 6.92 Å². The summed E-state index contributed by atoms with van der Waals surface area (Å²) in [6, 6.07) is 8.08. The molecule has 1 amide bonds. The van der Waals surface area contributed by atoms with Gasteiger partial charge in [-0.05, 0) is 54.3 Å². The standard InChI is InChI=1S/C22H26N4O3/c1-15-4-8-26-14-18(24-21(26)10-15)22(27)23-6-9-25-7-5-16-11-19(28-2)20(29-3)12-17(16)13-25/h4,8,10-12,14H,5-7,9,13H2,1-3H3,(H,23,27). The van der Waals surface area contributed by atoms with E-state index in [0.29, 0.717) is 12.2 Å². The summed E-state index contributed by atoms with van der Waals surface area (Å²) < 4.78 is 12.7. The number of methoxy groups -OCH3 is 2. The van der Waals surface area contributed by atoms with Crippen molar-refractivity contribution in [3.05, 3.63) is 59.0 Å². The fourth-order valence-corrected chi connectivity index (χ4v) is 3.74. The van der Waals surface area contributed by atoms with Gasteiger partial charge in [-0.3, -0.25) is 9.69 Å². The minimum atomic E-state index is -0.143. The minimum absolute atomic E-state index is 0.143. The zero-order chi connectivity index (χ0) is 20.4. The number of carbonyl (C=O) groups excluding carboxylic acids is 1. The Morgan fingerprint density at radius 2 is 1.93 bits per heavy atom. The molecule has 0 saturated carbocycles. The van der Waals surface area contributed by atoms with Gasteiger partial charge < -0.3 is 19.2 Å². The highest BCUT2D eigenvalue weighted by Crippen LogP contribution is 2.33. The molecule has 1 aliphatic rings. The number of carbonyl (C=O) groups is 1. The molecule has 152 valence electrons. The first-order valence-corrected chi connectivity index (χ1v) is 9.77. The van der Waals surface area contributed by atoms with Crippen molar-refractivity contribution in [3.63, 3.8) is 0 Å². The lowest BCUT2D eigenvalue weighted by molar-refractivity contribution is 0.0943. The molecule has 0 aliphatic carbocycles. The SMILES string of the molecule is COc1cc2c(cc1OC)CN(CCNC(=O)c1cn3ccc(C)cc3n1)CC2. The maximum atomic E-state index is 12.5. The molecule has 4 rings (SSSR count). The summed E-state index contributed by atoms with van der Waals surface area (Å²) in [5.41, 5.74) is 4.89. The lowest BCUT2D eigenvalue weighted by Crippen LogP contribution is -2.38. The molecule has 3 heterocycles. The summed E-state index contributed by atoms with van der Waals surface area (Å²) in [6.45, 7) is 5.16. The molecule has 2 aromatic heterocycles. The molecule has 3 aromatic rings. The number of amides is 1. The number of fused-ring (bicyclic) bond motifs is 2. The Labute approximate surface area is 170 Å². The number of pyridine rings is 1. The van der Waals surface area contributed by atoms with Crippen LogP contribution in [-0.2, 0) is 13.0 Å². The molecule has 1 aliphatic heterocycles. The van der Waals surface area contributed by atoms with E-state index >= 15 is 0 Å². The van der Waals surface area contributed by atoms with Crippen LogP contribution in [0.2, 0.25) is 0 Å². The van der Waals surface area contributed by atoms with Crippen LogP contribution in [0.5, 0.6) is 11.5 Å². The lowest BCUT2D eigenvalue weighted by atomic mass is 9.99. The van der Waals surface area contributed by atoms with Gasteiger partial charge in [0, 0.05) is 38.6 Å². The minimum Gasteiger partial charge on any atom is -0.493 e. The number of aromatic nitrogens is 2. The molecule has 0 fully saturated rings. The molecule has 7 nitrogen and oxygen atoms in total.